The maximum Gasteiger partial charge on any atom is 0.417 e. The van der Waals surface area contributed by atoms with E-state index in [1.165, 1.54) is 6.07 Å². The van der Waals surface area contributed by atoms with Crippen molar-refractivity contribution in [2.45, 2.75) is 26.4 Å². The summed E-state index contributed by atoms with van der Waals surface area (Å²) in [5.41, 5.74) is -0.759. The second-order valence-electron chi connectivity index (χ2n) is 5.47. The molecule has 1 aromatic heterocycles. The Labute approximate surface area is 127 Å². The standard InChI is InChI=1S/C15H19F3N2O2/c1-3-22-14(21)12-6-7-20(9-10(12)2)13-5-4-11(8-19-13)15(16,17)18/h4-5,8,10,12H,3,6-7,9H2,1-2H3/t10-,12+/m0/s1. The van der Waals surface area contributed by atoms with Crippen molar-refractivity contribution in [2.75, 3.05) is 24.6 Å². The van der Waals surface area contributed by atoms with Crippen molar-refractivity contribution in [3.63, 3.8) is 0 Å². The van der Waals surface area contributed by atoms with Crippen LogP contribution in [-0.4, -0.2) is 30.6 Å². The van der Waals surface area contributed by atoms with Crippen molar-refractivity contribution in [1.82, 2.24) is 4.98 Å². The second-order valence-corrected chi connectivity index (χ2v) is 5.47. The van der Waals surface area contributed by atoms with E-state index in [4.69, 9.17) is 4.74 Å². The highest BCUT2D eigenvalue weighted by Gasteiger charge is 2.34. The van der Waals surface area contributed by atoms with Gasteiger partial charge in [-0.1, -0.05) is 6.92 Å². The third-order valence-electron chi connectivity index (χ3n) is 3.89. The SMILES string of the molecule is CCOC(=O)[C@@H]1CCN(c2ccc(C(F)(F)F)cn2)C[C@@H]1C. The molecule has 0 aromatic carbocycles. The minimum atomic E-state index is -4.38. The molecule has 1 aliphatic rings. The molecule has 7 heteroatoms. The van der Waals surface area contributed by atoms with Crippen molar-refractivity contribution >= 4 is 11.8 Å². The Morgan fingerprint density at radius 3 is 2.68 bits per heavy atom. The molecule has 22 heavy (non-hydrogen) atoms. The zero-order valence-corrected chi connectivity index (χ0v) is 12.6. The van der Waals surface area contributed by atoms with E-state index < -0.39 is 11.7 Å². The summed E-state index contributed by atoms with van der Waals surface area (Å²) in [5.74, 6) is 0.208. The van der Waals surface area contributed by atoms with E-state index in [2.05, 4.69) is 4.98 Å². The number of halogens is 3. The number of hydrogen-bond acceptors (Lipinski definition) is 4. The predicted octanol–water partition coefficient (Wildman–Crippen LogP) is 3.13. The van der Waals surface area contributed by atoms with Crippen LogP contribution in [0.5, 0.6) is 0 Å². The van der Waals surface area contributed by atoms with Gasteiger partial charge in [-0.25, -0.2) is 4.98 Å². The first-order valence-corrected chi connectivity index (χ1v) is 7.27. The Kier molecular flexibility index (Phi) is 4.93. The number of alkyl halides is 3. The van der Waals surface area contributed by atoms with Gasteiger partial charge in [-0.15, -0.1) is 0 Å². The molecule has 2 rings (SSSR count). The van der Waals surface area contributed by atoms with Gasteiger partial charge in [-0.05, 0) is 31.4 Å². The van der Waals surface area contributed by atoms with E-state index in [-0.39, 0.29) is 17.8 Å². The summed E-state index contributed by atoms with van der Waals surface area (Å²) in [6.07, 6.45) is -2.92. The molecule has 4 nitrogen and oxygen atoms in total. The summed E-state index contributed by atoms with van der Waals surface area (Å²) in [6.45, 7) is 5.21. The molecule has 1 aromatic rings. The molecule has 0 bridgehead atoms. The van der Waals surface area contributed by atoms with E-state index in [0.29, 0.717) is 31.9 Å². The van der Waals surface area contributed by atoms with E-state index in [1.54, 1.807) is 6.92 Å². The van der Waals surface area contributed by atoms with Crippen LogP contribution in [0.4, 0.5) is 19.0 Å². The molecule has 2 heterocycles. The van der Waals surface area contributed by atoms with Gasteiger partial charge in [0.15, 0.2) is 0 Å². The normalized spacial score (nSPS) is 22.5. The first-order valence-electron chi connectivity index (χ1n) is 7.27. The third kappa shape index (κ3) is 3.69. The Hall–Kier alpha value is -1.79. The monoisotopic (exact) mass is 316 g/mol. The molecular formula is C15H19F3N2O2. The average molecular weight is 316 g/mol. The minimum absolute atomic E-state index is 0.0666. The van der Waals surface area contributed by atoms with Gasteiger partial charge in [-0.2, -0.15) is 13.2 Å². The third-order valence-corrected chi connectivity index (χ3v) is 3.89. The molecule has 122 valence electrons. The van der Waals surface area contributed by atoms with Crippen LogP contribution in [0.2, 0.25) is 0 Å². The molecule has 0 unspecified atom stereocenters. The number of esters is 1. The number of piperidine rings is 1. The molecule has 1 aliphatic heterocycles. The lowest BCUT2D eigenvalue weighted by atomic mass is 9.87. The van der Waals surface area contributed by atoms with Crippen LogP contribution in [0.25, 0.3) is 0 Å². The van der Waals surface area contributed by atoms with Crippen molar-refractivity contribution in [1.29, 1.82) is 0 Å². The Morgan fingerprint density at radius 2 is 2.18 bits per heavy atom. The van der Waals surface area contributed by atoms with E-state index >= 15 is 0 Å². The smallest absolute Gasteiger partial charge is 0.417 e. The van der Waals surface area contributed by atoms with Crippen molar-refractivity contribution < 1.29 is 22.7 Å². The van der Waals surface area contributed by atoms with E-state index in [9.17, 15) is 18.0 Å². The minimum Gasteiger partial charge on any atom is -0.466 e. The quantitative estimate of drug-likeness (QED) is 0.804. The molecule has 0 amide bonds. The fourth-order valence-corrected chi connectivity index (χ4v) is 2.69. The average Bonchev–Trinajstić information content (AvgIpc) is 2.46. The summed E-state index contributed by atoms with van der Waals surface area (Å²) in [7, 11) is 0. The summed E-state index contributed by atoms with van der Waals surface area (Å²) in [6, 6.07) is 2.41. The van der Waals surface area contributed by atoms with Crippen molar-refractivity contribution in [2.24, 2.45) is 11.8 Å². The molecule has 0 spiro atoms. The summed E-state index contributed by atoms with van der Waals surface area (Å²) >= 11 is 0. The molecule has 0 saturated carbocycles. The molecule has 2 atom stereocenters. The number of hydrogen-bond donors (Lipinski definition) is 0. The number of ether oxygens (including phenoxy) is 1. The first kappa shape index (κ1) is 16.6. The van der Waals surface area contributed by atoms with Crippen LogP contribution in [0.3, 0.4) is 0 Å². The first-order chi connectivity index (χ1) is 10.3. The number of anilines is 1. The van der Waals surface area contributed by atoms with Crippen LogP contribution >= 0.6 is 0 Å². The summed E-state index contributed by atoms with van der Waals surface area (Å²) in [5, 5.41) is 0. The zero-order valence-electron chi connectivity index (χ0n) is 12.6. The maximum absolute atomic E-state index is 12.5. The maximum atomic E-state index is 12.5. The van der Waals surface area contributed by atoms with Gasteiger partial charge >= 0.3 is 12.1 Å². The van der Waals surface area contributed by atoms with Crippen LogP contribution in [-0.2, 0) is 15.7 Å². The number of nitrogens with zero attached hydrogens (tertiary/aromatic N) is 2. The largest absolute Gasteiger partial charge is 0.466 e. The second kappa shape index (κ2) is 6.54. The highest BCUT2D eigenvalue weighted by atomic mass is 19.4. The summed E-state index contributed by atoms with van der Waals surface area (Å²) < 4.78 is 42.6. The van der Waals surface area contributed by atoms with Gasteiger partial charge in [0.1, 0.15) is 5.82 Å². The van der Waals surface area contributed by atoms with Crippen molar-refractivity contribution in [3.05, 3.63) is 23.9 Å². The highest BCUT2D eigenvalue weighted by Crippen LogP contribution is 2.31. The lowest BCUT2D eigenvalue weighted by molar-refractivity contribution is -0.150. The van der Waals surface area contributed by atoms with Crippen molar-refractivity contribution in [3.8, 4) is 0 Å². The fraction of sp³-hybridized carbons (Fsp3) is 0.600. The summed E-state index contributed by atoms with van der Waals surface area (Å²) in [4.78, 5) is 17.6. The highest BCUT2D eigenvalue weighted by molar-refractivity contribution is 5.73. The van der Waals surface area contributed by atoms with Gasteiger partial charge < -0.3 is 9.64 Å². The molecule has 1 saturated heterocycles. The van der Waals surface area contributed by atoms with Crippen LogP contribution in [0, 0.1) is 11.8 Å². The molecule has 0 aliphatic carbocycles. The molecular weight excluding hydrogens is 297 g/mol. The lowest BCUT2D eigenvalue weighted by Crippen LogP contribution is -2.43. The van der Waals surface area contributed by atoms with E-state index in [1.807, 2.05) is 11.8 Å². The Morgan fingerprint density at radius 1 is 1.45 bits per heavy atom. The fourth-order valence-electron chi connectivity index (χ4n) is 2.69. The number of rotatable bonds is 3. The van der Waals surface area contributed by atoms with Gasteiger partial charge in [0.25, 0.3) is 0 Å². The molecule has 0 N–H and O–H groups in total. The van der Waals surface area contributed by atoms with Gasteiger partial charge in [0.05, 0.1) is 18.1 Å². The molecule has 0 radical (unpaired) electrons. The van der Waals surface area contributed by atoms with Gasteiger partial charge in [-0.3, -0.25) is 4.79 Å². The van der Waals surface area contributed by atoms with Crippen LogP contribution in [0.15, 0.2) is 18.3 Å². The number of carbonyl (C=O) groups excluding carboxylic acids is 1. The molecule has 1 fully saturated rings. The topological polar surface area (TPSA) is 42.4 Å². The number of aromatic nitrogens is 1. The van der Waals surface area contributed by atoms with Crippen LogP contribution in [0.1, 0.15) is 25.8 Å². The number of pyridine rings is 1. The van der Waals surface area contributed by atoms with Gasteiger partial charge in [0, 0.05) is 19.3 Å². The number of carbonyl (C=O) groups is 1. The predicted molar refractivity (Wildman–Crippen MR) is 75.4 cm³/mol. The Balaban J connectivity index is 2.02. The zero-order chi connectivity index (χ0) is 16.3. The Bertz CT molecular complexity index is 517. The van der Waals surface area contributed by atoms with Crippen LogP contribution < -0.4 is 4.90 Å². The lowest BCUT2D eigenvalue weighted by Gasteiger charge is -2.36. The van der Waals surface area contributed by atoms with Gasteiger partial charge in [0.2, 0.25) is 0 Å². The van der Waals surface area contributed by atoms with E-state index in [0.717, 1.165) is 12.3 Å².